The molecule has 1 atom stereocenters. The van der Waals surface area contributed by atoms with Crippen LogP contribution in [0.4, 0.5) is 0 Å². The summed E-state index contributed by atoms with van der Waals surface area (Å²) in [7, 11) is -2.85. The molecular formula is C14H22INO2S. The fourth-order valence-corrected chi connectivity index (χ4v) is 3.47. The summed E-state index contributed by atoms with van der Waals surface area (Å²) in [4.78, 5) is 0. The van der Waals surface area contributed by atoms with E-state index in [2.05, 4.69) is 53.0 Å². The van der Waals surface area contributed by atoms with Crippen LogP contribution in [0.3, 0.4) is 0 Å². The zero-order chi connectivity index (χ0) is 14.3. The second-order valence-electron chi connectivity index (χ2n) is 4.54. The third kappa shape index (κ3) is 6.23. The summed E-state index contributed by atoms with van der Waals surface area (Å²) in [6.07, 6.45) is 1.56. The Hall–Kier alpha value is -0.140. The number of sulfone groups is 1. The van der Waals surface area contributed by atoms with Gasteiger partial charge in [-0.25, -0.2) is 8.42 Å². The minimum atomic E-state index is -2.85. The summed E-state index contributed by atoms with van der Waals surface area (Å²) in [6, 6.07) is 8.61. The molecule has 1 N–H and O–H groups in total. The van der Waals surface area contributed by atoms with E-state index < -0.39 is 9.84 Å². The lowest BCUT2D eigenvalue weighted by atomic mass is 10.0. The van der Waals surface area contributed by atoms with Gasteiger partial charge in [0.05, 0.1) is 5.75 Å². The van der Waals surface area contributed by atoms with E-state index in [1.54, 1.807) is 6.92 Å². The van der Waals surface area contributed by atoms with Gasteiger partial charge in [0, 0.05) is 15.4 Å². The Morgan fingerprint density at radius 2 is 2.05 bits per heavy atom. The molecular weight excluding hydrogens is 373 g/mol. The zero-order valence-corrected chi connectivity index (χ0v) is 14.5. The molecule has 0 heterocycles. The average Bonchev–Trinajstić information content (AvgIpc) is 2.37. The first-order valence-corrected chi connectivity index (χ1v) is 9.57. The monoisotopic (exact) mass is 395 g/mol. The molecule has 0 aliphatic carbocycles. The first-order valence-electron chi connectivity index (χ1n) is 6.67. The van der Waals surface area contributed by atoms with Crippen LogP contribution in [0.15, 0.2) is 24.3 Å². The van der Waals surface area contributed by atoms with Crippen molar-refractivity contribution >= 4 is 32.4 Å². The lowest BCUT2D eigenvalue weighted by molar-refractivity contribution is 0.506. The molecule has 19 heavy (non-hydrogen) atoms. The van der Waals surface area contributed by atoms with Gasteiger partial charge in [-0.3, -0.25) is 0 Å². The van der Waals surface area contributed by atoms with Crippen LogP contribution in [0.1, 0.15) is 38.3 Å². The molecule has 1 aromatic rings. The summed E-state index contributed by atoms with van der Waals surface area (Å²) < 4.78 is 24.2. The standard InChI is InChI=1S/C14H22INO2S/c1-3-16-14(9-6-10-19(17,18)4-2)12-7-5-8-13(15)11-12/h5,7-8,11,14,16H,3-4,6,9-10H2,1-2H3. The molecule has 1 rings (SSSR count). The van der Waals surface area contributed by atoms with Crippen LogP contribution in [0.25, 0.3) is 0 Å². The fraction of sp³-hybridized carbons (Fsp3) is 0.571. The lowest BCUT2D eigenvalue weighted by Crippen LogP contribution is -2.22. The van der Waals surface area contributed by atoms with Crippen LogP contribution >= 0.6 is 22.6 Å². The molecule has 0 spiro atoms. The molecule has 108 valence electrons. The zero-order valence-electron chi connectivity index (χ0n) is 11.5. The molecule has 0 saturated heterocycles. The molecule has 0 aliphatic heterocycles. The van der Waals surface area contributed by atoms with Crippen molar-refractivity contribution in [3.05, 3.63) is 33.4 Å². The van der Waals surface area contributed by atoms with Crippen molar-refractivity contribution in [1.29, 1.82) is 0 Å². The molecule has 0 aromatic heterocycles. The number of nitrogens with one attached hydrogen (secondary N) is 1. The van der Waals surface area contributed by atoms with Crippen LogP contribution in [0.5, 0.6) is 0 Å². The van der Waals surface area contributed by atoms with Gasteiger partial charge in [-0.05, 0) is 59.7 Å². The van der Waals surface area contributed by atoms with E-state index in [1.165, 1.54) is 9.13 Å². The lowest BCUT2D eigenvalue weighted by Gasteiger charge is -2.18. The van der Waals surface area contributed by atoms with Crippen molar-refractivity contribution in [3.63, 3.8) is 0 Å². The van der Waals surface area contributed by atoms with Gasteiger partial charge in [-0.1, -0.05) is 26.0 Å². The van der Waals surface area contributed by atoms with Gasteiger partial charge in [0.1, 0.15) is 9.84 Å². The van der Waals surface area contributed by atoms with Crippen molar-refractivity contribution < 1.29 is 8.42 Å². The smallest absolute Gasteiger partial charge is 0.150 e. The molecule has 0 amide bonds. The van der Waals surface area contributed by atoms with Crippen LogP contribution < -0.4 is 5.32 Å². The minimum Gasteiger partial charge on any atom is -0.310 e. The van der Waals surface area contributed by atoms with E-state index in [9.17, 15) is 8.42 Å². The number of rotatable bonds is 8. The second-order valence-corrected chi connectivity index (χ2v) is 8.26. The van der Waals surface area contributed by atoms with E-state index in [0.717, 1.165) is 13.0 Å². The van der Waals surface area contributed by atoms with Crippen LogP contribution in [-0.2, 0) is 9.84 Å². The summed E-state index contributed by atoms with van der Waals surface area (Å²) in [5.41, 5.74) is 1.24. The molecule has 0 saturated carbocycles. The summed E-state index contributed by atoms with van der Waals surface area (Å²) in [6.45, 7) is 4.66. The Morgan fingerprint density at radius 3 is 2.63 bits per heavy atom. The second kappa shape index (κ2) is 8.21. The first kappa shape index (κ1) is 16.9. The topological polar surface area (TPSA) is 46.2 Å². The van der Waals surface area contributed by atoms with E-state index in [1.807, 2.05) is 6.07 Å². The van der Waals surface area contributed by atoms with Crippen molar-refractivity contribution in [2.75, 3.05) is 18.1 Å². The minimum absolute atomic E-state index is 0.238. The highest BCUT2D eigenvalue weighted by molar-refractivity contribution is 14.1. The van der Waals surface area contributed by atoms with Gasteiger partial charge in [0.15, 0.2) is 0 Å². The molecule has 0 aliphatic rings. The SMILES string of the molecule is CCNC(CCCS(=O)(=O)CC)c1cccc(I)c1. The number of halogens is 1. The van der Waals surface area contributed by atoms with Gasteiger partial charge in [-0.15, -0.1) is 0 Å². The first-order chi connectivity index (χ1) is 8.98. The third-order valence-electron chi connectivity index (χ3n) is 3.09. The van der Waals surface area contributed by atoms with Crippen molar-refractivity contribution in [3.8, 4) is 0 Å². The van der Waals surface area contributed by atoms with E-state index in [-0.39, 0.29) is 17.5 Å². The normalized spacial score (nSPS) is 13.4. The quantitative estimate of drug-likeness (QED) is 0.688. The van der Waals surface area contributed by atoms with Gasteiger partial charge in [0.25, 0.3) is 0 Å². The Morgan fingerprint density at radius 1 is 1.32 bits per heavy atom. The molecule has 5 heteroatoms. The average molecular weight is 395 g/mol. The van der Waals surface area contributed by atoms with Crippen molar-refractivity contribution in [2.24, 2.45) is 0 Å². The van der Waals surface area contributed by atoms with Crippen LogP contribution in [0, 0.1) is 3.57 Å². The maximum Gasteiger partial charge on any atom is 0.150 e. The highest BCUT2D eigenvalue weighted by Crippen LogP contribution is 2.20. The summed E-state index contributed by atoms with van der Waals surface area (Å²) >= 11 is 2.30. The molecule has 1 aromatic carbocycles. The van der Waals surface area contributed by atoms with Crippen LogP contribution in [0.2, 0.25) is 0 Å². The molecule has 3 nitrogen and oxygen atoms in total. The number of hydrogen-bond donors (Lipinski definition) is 1. The highest BCUT2D eigenvalue weighted by Gasteiger charge is 2.13. The Labute approximate surface area is 130 Å². The Bertz CT molecular complexity index is 488. The van der Waals surface area contributed by atoms with E-state index in [4.69, 9.17) is 0 Å². The molecule has 0 fully saturated rings. The fourth-order valence-electron chi connectivity index (χ4n) is 2.01. The molecule has 1 unspecified atom stereocenters. The summed E-state index contributed by atoms with van der Waals surface area (Å²) in [5, 5.41) is 3.43. The predicted molar refractivity (Wildman–Crippen MR) is 89.1 cm³/mol. The van der Waals surface area contributed by atoms with Gasteiger partial charge in [0.2, 0.25) is 0 Å². The van der Waals surface area contributed by atoms with Gasteiger partial charge < -0.3 is 5.32 Å². The maximum atomic E-state index is 11.5. The van der Waals surface area contributed by atoms with Crippen LogP contribution in [-0.4, -0.2) is 26.5 Å². The third-order valence-corrected chi connectivity index (χ3v) is 5.55. The molecule has 0 bridgehead atoms. The van der Waals surface area contributed by atoms with E-state index in [0.29, 0.717) is 6.42 Å². The van der Waals surface area contributed by atoms with Crippen molar-refractivity contribution in [2.45, 2.75) is 32.7 Å². The Balaban J connectivity index is 2.63. The number of hydrogen-bond acceptors (Lipinski definition) is 3. The number of benzene rings is 1. The Kier molecular flexibility index (Phi) is 7.31. The largest absolute Gasteiger partial charge is 0.310 e. The van der Waals surface area contributed by atoms with Crippen molar-refractivity contribution in [1.82, 2.24) is 5.32 Å². The summed E-state index contributed by atoms with van der Waals surface area (Å²) in [5.74, 6) is 0.525. The van der Waals surface area contributed by atoms with Gasteiger partial charge in [-0.2, -0.15) is 0 Å². The van der Waals surface area contributed by atoms with Gasteiger partial charge >= 0.3 is 0 Å². The highest BCUT2D eigenvalue weighted by atomic mass is 127. The maximum absolute atomic E-state index is 11.5. The predicted octanol–water partition coefficient (Wildman–Crippen LogP) is 3.16. The molecule has 0 radical (unpaired) electrons. The van der Waals surface area contributed by atoms with E-state index >= 15 is 0 Å².